The van der Waals surface area contributed by atoms with E-state index < -0.39 is 12.0 Å². The number of aromatic nitrogens is 1. The zero-order chi connectivity index (χ0) is 20.4. The van der Waals surface area contributed by atoms with E-state index in [4.69, 9.17) is 4.42 Å². The first-order valence-corrected chi connectivity index (χ1v) is 10.6. The predicted molar refractivity (Wildman–Crippen MR) is 120 cm³/mol. The molecule has 3 N–H and O–H groups in total. The molecule has 0 bridgehead atoms. The maximum atomic E-state index is 11.8. The Balaban J connectivity index is 1.46. The lowest BCUT2D eigenvalue weighted by Crippen LogP contribution is -2.37. The molecule has 0 aliphatic carbocycles. The number of carbonyl (C=O) groups is 1. The Morgan fingerprint density at radius 1 is 1.14 bits per heavy atom. The van der Waals surface area contributed by atoms with Crippen molar-refractivity contribution in [1.82, 2.24) is 10.3 Å². The van der Waals surface area contributed by atoms with Crippen molar-refractivity contribution in [3.63, 3.8) is 0 Å². The normalized spacial score (nSPS) is 12.3. The number of nitrogens with one attached hydrogen (secondary N) is 2. The van der Waals surface area contributed by atoms with E-state index >= 15 is 0 Å². The number of aliphatic carboxylic acids is 1. The first-order valence-electron chi connectivity index (χ1n) is 9.06. The summed E-state index contributed by atoms with van der Waals surface area (Å²) in [5.74, 6) is 0.516. The van der Waals surface area contributed by atoms with Gasteiger partial charge in [0, 0.05) is 38.0 Å². The van der Waals surface area contributed by atoms with E-state index in [9.17, 15) is 9.90 Å². The maximum absolute atomic E-state index is 11.8. The molecule has 148 valence electrons. The fourth-order valence-corrected chi connectivity index (χ4v) is 4.54. The Kier molecular flexibility index (Phi) is 5.89. The average Bonchev–Trinajstić information content (AvgIpc) is 3.32. The van der Waals surface area contributed by atoms with Crippen LogP contribution in [0.3, 0.4) is 0 Å². The predicted octanol–water partition coefficient (Wildman–Crippen LogP) is 5.74. The van der Waals surface area contributed by atoms with Gasteiger partial charge in [-0.15, -0.1) is 0 Å². The highest BCUT2D eigenvalue weighted by Crippen LogP contribution is 2.32. The van der Waals surface area contributed by atoms with Gasteiger partial charge in [-0.3, -0.25) is 10.1 Å². The fraction of sp³-hybridized carbons (Fsp3) is 0.136. The second-order valence-electron chi connectivity index (χ2n) is 6.73. The van der Waals surface area contributed by atoms with Gasteiger partial charge in [-0.25, -0.2) is 0 Å². The maximum Gasteiger partial charge on any atom is 0.321 e. The Bertz CT molecular complexity index is 1170. The lowest BCUT2D eigenvalue weighted by atomic mass is 10.0. The molecule has 2 heterocycles. The number of halogens is 2. The first kappa shape index (κ1) is 19.9. The number of H-pyrrole nitrogens is 1. The van der Waals surface area contributed by atoms with E-state index in [1.165, 1.54) is 0 Å². The summed E-state index contributed by atoms with van der Waals surface area (Å²) in [5.41, 5.74) is 2.91. The molecule has 0 aliphatic rings. The van der Waals surface area contributed by atoms with E-state index in [1.807, 2.05) is 60.8 Å². The highest BCUT2D eigenvalue weighted by atomic mass is 79.9. The molecule has 5 nitrogen and oxygen atoms in total. The van der Waals surface area contributed by atoms with Crippen LogP contribution < -0.4 is 5.32 Å². The van der Waals surface area contributed by atoms with E-state index in [1.54, 1.807) is 0 Å². The number of furan rings is 1. The van der Waals surface area contributed by atoms with Crippen LogP contribution in [0.4, 0.5) is 0 Å². The number of fused-ring (bicyclic) bond motifs is 1. The zero-order valence-corrected chi connectivity index (χ0v) is 18.5. The molecule has 0 spiro atoms. The van der Waals surface area contributed by atoms with Crippen LogP contribution in [-0.4, -0.2) is 22.1 Å². The van der Waals surface area contributed by atoms with Crippen LogP contribution in [0.5, 0.6) is 0 Å². The number of carboxylic acid groups (broad SMARTS) is 1. The molecule has 4 aromatic rings. The van der Waals surface area contributed by atoms with Gasteiger partial charge in [0.05, 0.1) is 6.54 Å². The molecule has 0 amide bonds. The van der Waals surface area contributed by atoms with E-state index in [2.05, 4.69) is 42.2 Å². The number of carboxylic acids is 1. The molecule has 0 fully saturated rings. The molecular formula is C22H18Br2N2O3. The number of hydrogen-bond donors (Lipinski definition) is 3. The third kappa shape index (κ3) is 4.47. The lowest BCUT2D eigenvalue weighted by Gasteiger charge is -2.13. The largest absolute Gasteiger partial charge is 0.480 e. The Morgan fingerprint density at radius 2 is 1.97 bits per heavy atom. The Morgan fingerprint density at radius 3 is 2.76 bits per heavy atom. The average molecular weight is 518 g/mol. The van der Waals surface area contributed by atoms with Crippen LogP contribution in [0, 0.1) is 0 Å². The van der Waals surface area contributed by atoms with Crippen molar-refractivity contribution in [2.45, 2.75) is 19.0 Å². The molecule has 0 unspecified atom stereocenters. The van der Waals surface area contributed by atoms with Gasteiger partial charge in [-0.1, -0.05) is 34.1 Å². The monoisotopic (exact) mass is 516 g/mol. The molecular weight excluding hydrogens is 500 g/mol. The minimum Gasteiger partial charge on any atom is -0.480 e. The zero-order valence-electron chi connectivity index (χ0n) is 15.3. The number of rotatable bonds is 7. The van der Waals surface area contributed by atoms with Crippen molar-refractivity contribution in [3.05, 3.63) is 81.1 Å². The van der Waals surface area contributed by atoms with Gasteiger partial charge in [-0.05, 0) is 57.9 Å². The standard InChI is InChI=1S/C22H18Br2N2O3/c23-14-5-7-17(18(24)10-14)21-8-6-15(29-21)12-26-20(22(27)28)9-13-11-25-19-4-2-1-3-16(13)19/h1-8,10-11,20,25-26H,9,12H2,(H,27,28)/t20-/m0/s1. The summed E-state index contributed by atoms with van der Waals surface area (Å²) in [7, 11) is 0. The van der Waals surface area contributed by atoms with Gasteiger partial charge >= 0.3 is 5.97 Å². The van der Waals surface area contributed by atoms with Gasteiger partial charge in [0.2, 0.25) is 0 Å². The van der Waals surface area contributed by atoms with E-state index in [0.29, 0.717) is 18.7 Å². The number of benzene rings is 2. The molecule has 0 saturated carbocycles. The summed E-state index contributed by atoms with van der Waals surface area (Å²) >= 11 is 6.98. The van der Waals surface area contributed by atoms with Crippen molar-refractivity contribution in [1.29, 1.82) is 0 Å². The molecule has 0 saturated heterocycles. The first-order chi connectivity index (χ1) is 14.0. The third-order valence-electron chi connectivity index (χ3n) is 4.78. The van der Waals surface area contributed by atoms with Crippen LogP contribution in [0.1, 0.15) is 11.3 Å². The second-order valence-corrected chi connectivity index (χ2v) is 8.50. The van der Waals surface area contributed by atoms with Crippen LogP contribution in [-0.2, 0) is 17.8 Å². The van der Waals surface area contributed by atoms with Crippen LogP contribution in [0.2, 0.25) is 0 Å². The van der Waals surface area contributed by atoms with Crippen LogP contribution in [0.15, 0.2) is 74.2 Å². The molecule has 2 aromatic carbocycles. The topological polar surface area (TPSA) is 78.3 Å². The molecule has 1 atom stereocenters. The number of hydrogen-bond acceptors (Lipinski definition) is 3. The van der Waals surface area contributed by atoms with Crippen molar-refractivity contribution in [3.8, 4) is 11.3 Å². The molecule has 2 aromatic heterocycles. The summed E-state index contributed by atoms with van der Waals surface area (Å²) in [6.45, 7) is 0.327. The quantitative estimate of drug-likeness (QED) is 0.292. The summed E-state index contributed by atoms with van der Waals surface area (Å²) < 4.78 is 7.81. The van der Waals surface area contributed by atoms with E-state index in [0.717, 1.165) is 36.7 Å². The molecule has 4 rings (SSSR count). The van der Waals surface area contributed by atoms with Gasteiger partial charge in [0.15, 0.2) is 0 Å². The van der Waals surface area contributed by atoms with E-state index in [-0.39, 0.29) is 0 Å². The second kappa shape index (κ2) is 8.57. The van der Waals surface area contributed by atoms with Crippen LogP contribution >= 0.6 is 31.9 Å². The molecule has 0 radical (unpaired) electrons. The SMILES string of the molecule is O=C(O)[C@H](Cc1c[nH]c2ccccc12)NCc1ccc(-c2ccc(Br)cc2Br)o1. The van der Waals surface area contributed by atoms with Crippen molar-refractivity contribution < 1.29 is 14.3 Å². The van der Waals surface area contributed by atoms with Gasteiger partial charge in [0.1, 0.15) is 17.6 Å². The Labute approximate surface area is 184 Å². The van der Waals surface area contributed by atoms with Gasteiger partial charge < -0.3 is 14.5 Å². The van der Waals surface area contributed by atoms with Crippen molar-refractivity contribution >= 4 is 48.7 Å². The Hall–Kier alpha value is -2.35. The summed E-state index contributed by atoms with van der Waals surface area (Å²) in [6, 6.07) is 16.8. The smallest absolute Gasteiger partial charge is 0.321 e. The molecule has 7 heteroatoms. The highest BCUT2D eigenvalue weighted by Gasteiger charge is 2.20. The molecule has 0 aliphatic heterocycles. The number of aromatic amines is 1. The summed E-state index contributed by atoms with van der Waals surface area (Å²) in [5, 5.41) is 13.8. The molecule has 29 heavy (non-hydrogen) atoms. The highest BCUT2D eigenvalue weighted by molar-refractivity contribution is 9.11. The van der Waals surface area contributed by atoms with Gasteiger partial charge in [-0.2, -0.15) is 0 Å². The summed E-state index contributed by atoms with van der Waals surface area (Å²) in [6.07, 6.45) is 2.25. The van der Waals surface area contributed by atoms with Crippen LogP contribution in [0.25, 0.3) is 22.2 Å². The number of para-hydroxylation sites is 1. The van der Waals surface area contributed by atoms with Crippen molar-refractivity contribution in [2.24, 2.45) is 0 Å². The summed E-state index contributed by atoms with van der Waals surface area (Å²) in [4.78, 5) is 15.0. The van der Waals surface area contributed by atoms with Gasteiger partial charge in [0.25, 0.3) is 0 Å². The fourth-order valence-electron chi connectivity index (χ4n) is 3.30. The minimum atomic E-state index is -0.891. The third-order valence-corrected chi connectivity index (χ3v) is 5.93. The lowest BCUT2D eigenvalue weighted by molar-refractivity contribution is -0.139. The van der Waals surface area contributed by atoms with Crippen molar-refractivity contribution in [2.75, 3.05) is 0 Å². The minimum absolute atomic E-state index is 0.327.